The maximum atomic E-state index is 11.8. The van der Waals surface area contributed by atoms with E-state index in [-0.39, 0.29) is 19.0 Å². The fourth-order valence-corrected chi connectivity index (χ4v) is 1.41. The standard InChI is InChI=1S/C13H16F3N3O2/c14-13(15,16)9-19-12(21)8-17-7-11(20)18-6-10-4-2-1-3-5-10/h1-5,17H,6-9H2,(H,18,20)(H,19,21). The van der Waals surface area contributed by atoms with Gasteiger partial charge in [-0.2, -0.15) is 13.2 Å². The molecule has 0 aromatic heterocycles. The molecule has 2 amide bonds. The minimum Gasteiger partial charge on any atom is -0.351 e. The largest absolute Gasteiger partial charge is 0.405 e. The quantitative estimate of drug-likeness (QED) is 0.690. The minimum atomic E-state index is -4.44. The van der Waals surface area contributed by atoms with Crippen LogP contribution in [0.25, 0.3) is 0 Å². The fourth-order valence-electron chi connectivity index (χ4n) is 1.41. The number of rotatable bonds is 7. The highest BCUT2D eigenvalue weighted by Gasteiger charge is 2.27. The van der Waals surface area contributed by atoms with E-state index in [2.05, 4.69) is 10.6 Å². The zero-order valence-electron chi connectivity index (χ0n) is 11.2. The van der Waals surface area contributed by atoms with Crippen molar-refractivity contribution < 1.29 is 22.8 Å². The van der Waals surface area contributed by atoms with Crippen molar-refractivity contribution in [2.75, 3.05) is 19.6 Å². The van der Waals surface area contributed by atoms with Crippen LogP contribution in [0.3, 0.4) is 0 Å². The molecule has 0 fully saturated rings. The van der Waals surface area contributed by atoms with E-state index in [1.54, 1.807) is 5.32 Å². The number of amides is 2. The zero-order chi connectivity index (χ0) is 15.7. The first-order valence-electron chi connectivity index (χ1n) is 6.21. The van der Waals surface area contributed by atoms with E-state index in [4.69, 9.17) is 0 Å². The molecule has 1 rings (SSSR count). The van der Waals surface area contributed by atoms with E-state index in [1.165, 1.54) is 0 Å². The van der Waals surface area contributed by atoms with Gasteiger partial charge in [0.25, 0.3) is 0 Å². The van der Waals surface area contributed by atoms with Gasteiger partial charge in [0, 0.05) is 6.54 Å². The Morgan fingerprint density at radius 3 is 2.10 bits per heavy atom. The lowest BCUT2D eigenvalue weighted by Crippen LogP contribution is -2.42. The second-order valence-corrected chi connectivity index (χ2v) is 4.26. The Morgan fingerprint density at radius 1 is 0.952 bits per heavy atom. The fraction of sp³-hybridized carbons (Fsp3) is 0.385. The van der Waals surface area contributed by atoms with E-state index < -0.39 is 18.6 Å². The first-order chi connectivity index (χ1) is 9.87. The third kappa shape index (κ3) is 8.64. The molecule has 0 spiro atoms. The van der Waals surface area contributed by atoms with Gasteiger partial charge in [-0.05, 0) is 5.56 Å². The van der Waals surface area contributed by atoms with E-state index >= 15 is 0 Å². The molecular weight excluding hydrogens is 287 g/mol. The SMILES string of the molecule is O=C(CNCC(=O)NCC(F)(F)F)NCc1ccccc1. The van der Waals surface area contributed by atoms with Crippen molar-refractivity contribution in [3.63, 3.8) is 0 Å². The van der Waals surface area contributed by atoms with Gasteiger partial charge in [0.1, 0.15) is 6.54 Å². The number of alkyl halides is 3. The molecular formula is C13H16F3N3O2. The van der Waals surface area contributed by atoms with Gasteiger partial charge in [0.2, 0.25) is 11.8 Å². The lowest BCUT2D eigenvalue weighted by molar-refractivity contribution is -0.138. The number of carbonyl (C=O) groups is 2. The molecule has 0 aliphatic carbocycles. The van der Waals surface area contributed by atoms with Gasteiger partial charge in [0.05, 0.1) is 13.1 Å². The first kappa shape index (κ1) is 17.0. The van der Waals surface area contributed by atoms with Crippen LogP contribution in [0.4, 0.5) is 13.2 Å². The smallest absolute Gasteiger partial charge is 0.351 e. The summed E-state index contributed by atoms with van der Waals surface area (Å²) in [6, 6.07) is 9.22. The Morgan fingerprint density at radius 2 is 1.52 bits per heavy atom. The van der Waals surface area contributed by atoms with Gasteiger partial charge in [-0.25, -0.2) is 0 Å². The zero-order valence-corrected chi connectivity index (χ0v) is 11.2. The molecule has 8 heteroatoms. The Labute approximate surface area is 119 Å². The number of carbonyl (C=O) groups excluding carboxylic acids is 2. The summed E-state index contributed by atoms with van der Waals surface area (Å²) in [6.07, 6.45) is -4.44. The van der Waals surface area contributed by atoms with Gasteiger partial charge in [0.15, 0.2) is 0 Å². The molecule has 0 saturated carbocycles. The summed E-state index contributed by atoms with van der Waals surface area (Å²) in [6.45, 7) is -1.53. The Bertz CT molecular complexity index is 463. The van der Waals surface area contributed by atoms with Crippen molar-refractivity contribution in [2.24, 2.45) is 0 Å². The van der Waals surface area contributed by atoms with Gasteiger partial charge in [-0.3, -0.25) is 14.9 Å². The number of nitrogens with one attached hydrogen (secondary N) is 3. The summed E-state index contributed by atoms with van der Waals surface area (Å²) in [5.41, 5.74) is 0.925. The van der Waals surface area contributed by atoms with Crippen LogP contribution in [-0.4, -0.2) is 37.6 Å². The summed E-state index contributed by atoms with van der Waals surface area (Å²) in [5.74, 6) is -1.16. The van der Waals surface area contributed by atoms with Gasteiger partial charge in [-0.1, -0.05) is 30.3 Å². The van der Waals surface area contributed by atoms with Crippen LogP contribution in [0, 0.1) is 0 Å². The summed E-state index contributed by atoms with van der Waals surface area (Å²) >= 11 is 0. The number of hydrogen-bond donors (Lipinski definition) is 3. The molecule has 21 heavy (non-hydrogen) atoms. The number of benzene rings is 1. The van der Waals surface area contributed by atoms with E-state index in [9.17, 15) is 22.8 Å². The predicted molar refractivity (Wildman–Crippen MR) is 70.2 cm³/mol. The lowest BCUT2D eigenvalue weighted by atomic mass is 10.2. The second-order valence-electron chi connectivity index (χ2n) is 4.26. The van der Waals surface area contributed by atoms with Crippen LogP contribution < -0.4 is 16.0 Å². The summed E-state index contributed by atoms with van der Waals surface area (Å²) in [5, 5.41) is 6.78. The van der Waals surface area contributed by atoms with Gasteiger partial charge >= 0.3 is 6.18 Å². The average molecular weight is 303 g/mol. The van der Waals surface area contributed by atoms with Crippen LogP contribution in [0.1, 0.15) is 5.56 Å². The topological polar surface area (TPSA) is 70.2 Å². The normalized spacial score (nSPS) is 11.0. The summed E-state index contributed by atoms with van der Waals surface area (Å²) < 4.78 is 35.5. The van der Waals surface area contributed by atoms with Crippen molar-refractivity contribution in [2.45, 2.75) is 12.7 Å². The second kappa shape index (κ2) is 8.25. The van der Waals surface area contributed by atoms with Crippen molar-refractivity contribution in [3.8, 4) is 0 Å². The molecule has 0 bridgehead atoms. The third-order valence-corrected chi connectivity index (χ3v) is 2.39. The average Bonchev–Trinajstić information content (AvgIpc) is 2.43. The molecule has 1 aromatic carbocycles. The maximum absolute atomic E-state index is 11.8. The van der Waals surface area contributed by atoms with Crippen LogP contribution >= 0.6 is 0 Å². The molecule has 116 valence electrons. The molecule has 0 saturated heterocycles. The summed E-state index contributed by atoms with van der Waals surface area (Å²) in [4.78, 5) is 22.5. The van der Waals surface area contributed by atoms with Gasteiger partial charge < -0.3 is 10.6 Å². The van der Waals surface area contributed by atoms with Crippen molar-refractivity contribution >= 4 is 11.8 Å². The van der Waals surface area contributed by atoms with E-state index in [1.807, 2.05) is 30.3 Å². The molecule has 0 radical (unpaired) electrons. The molecule has 0 aliphatic rings. The lowest BCUT2D eigenvalue weighted by Gasteiger charge is -2.09. The molecule has 0 unspecified atom stereocenters. The predicted octanol–water partition coefficient (Wildman–Crippen LogP) is 0.571. The highest BCUT2D eigenvalue weighted by Crippen LogP contribution is 2.11. The molecule has 1 aromatic rings. The van der Waals surface area contributed by atoms with Crippen molar-refractivity contribution in [1.82, 2.24) is 16.0 Å². The van der Waals surface area contributed by atoms with Crippen LogP contribution in [-0.2, 0) is 16.1 Å². The highest BCUT2D eigenvalue weighted by molar-refractivity contribution is 5.81. The first-order valence-corrected chi connectivity index (χ1v) is 6.21. The Balaban J connectivity index is 2.12. The maximum Gasteiger partial charge on any atom is 0.405 e. The number of halogens is 3. The van der Waals surface area contributed by atoms with Crippen LogP contribution in [0.2, 0.25) is 0 Å². The van der Waals surface area contributed by atoms with Crippen LogP contribution in [0.15, 0.2) is 30.3 Å². The molecule has 0 atom stereocenters. The Kier molecular flexibility index (Phi) is 6.67. The summed E-state index contributed by atoms with van der Waals surface area (Å²) in [7, 11) is 0. The molecule has 5 nitrogen and oxygen atoms in total. The van der Waals surface area contributed by atoms with Gasteiger partial charge in [-0.15, -0.1) is 0 Å². The highest BCUT2D eigenvalue weighted by atomic mass is 19.4. The van der Waals surface area contributed by atoms with Crippen molar-refractivity contribution in [1.29, 1.82) is 0 Å². The number of hydrogen-bond acceptors (Lipinski definition) is 3. The van der Waals surface area contributed by atoms with E-state index in [0.717, 1.165) is 5.56 Å². The monoisotopic (exact) mass is 303 g/mol. The minimum absolute atomic E-state index is 0.147. The molecule has 3 N–H and O–H groups in total. The molecule has 0 aliphatic heterocycles. The van der Waals surface area contributed by atoms with Crippen molar-refractivity contribution in [3.05, 3.63) is 35.9 Å². The Hall–Kier alpha value is -2.09. The van der Waals surface area contributed by atoms with Crippen LogP contribution in [0.5, 0.6) is 0 Å². The molecule has 0 heterocycles. The third-order valence-electron chi connectivity index (χ3n) is 2.39. The van der Waals surface area contributed by atoms with E-state index in [0.29, 0.717) is 6.54 Å².